The number of ether oxygens (including phenoxy) is 1. The number of hydrogen-bond donors (Lipinski definition) is 1. The van der Waals surface area contributed by atoms with Crippen LogP contribution >= 0.6 is 0 Å². The molecule has 29 heavy (non-hydrogen) atoms. The minimum atomic E-state index is -0.257. The highest BCUT2D eigenvalue weighted by atomic mass is 16.5. The average molecular weight is 391 g/mol. The summed E-state index contributed by atoms with van der Waals surface area (Å²) in [5, 5.41) is 3.87. The van der Waals surface area contributed by atoms with E-state index in [-0.39, 0.29) is 18.1 Å². The monoisotopic (exact) mass is 391 g/mol. The number of fused-ring (bicyclic) bond motifs is 3. The molecule has 1 N–H and O–H groups in total. The van der Waals surface area contributed by atoms with Crippen molar-refractivity contribution in [2.24, 2.45) is 0 Å². The van der Waals surface area contributed by atoms with Crippen molar-refractivity contribution in [1.82, 2.24) is 0 Å². The quantitative estimate of drug-likeness (QED) is 0.634. The first-order valence-corrected chi connectivity index (χ1v) is 10.1. The fourth-order valence-electron chi connectivity index (χ4n) is 3.96. The lowest BCUT2D eigenvalue weighted by molar-refractivity contribution is -0.118. The number of carbonyl (C=O) groups excluding carboxylic acids is 1. The molecule has 1 heterocycles. The van der Waals surface area contributed by atoms with Gasteiger partial charge in [-0.15, -0.1) is 0 Å². The topological polar surface area (TPSA) is 68.5 Å². The molecular weight excluding hydrogens is 366 g/mol. The van der Waals surface area contributed by atoms with Crippen LogP contribution in [0, 0.1) is 0 Å². The lowest BCUT2D eigenvalue weighted by Crippen LogP contribution is -2.21. The van der Waals surface area contributed by atoms with Gasteiger partial charge in [0, 0.05) is 22.7 Å². The van der Waals surface area contributed by atoms with Crippen molar-refractivity contribution in [1.29, 1.82) is 0 Å². The van der Waals surface area contributed by atoms with Gasteiger partial charge < -0.3 is 14.5 Å². The van der Waals surface area contributed by atoms with Crippen molar-refractivity contribution in [2.75, 3.05) is 11.9 Å². The van der Waals surface area contributed by atoms with Gasteiger partial charge in [0.1, 0.15) is 11.3 Å². The number of rotatable bonds is 5. The summed E-state index contributed by atoms with van der Waals surface area (Å²) < 4.78 is 11.2. The van der Waals surface area contributed by atoms with E-state index >= 15 is 0 Å². The predicted molar refractivity (Wildman–Crippen MR) is 114 cm³/mol. The molecule has 1 aliphatic carbocycles. The van der Waals surface area contributed by atoms with Gasteiger partial charge in [-0.1, -0.05) is 32.0 Å². The van der Waals surface area contributed by atoms with Crippen LogP contribution in [0.5, 0.6) is 5.75 Å². The number of benzene rings is 2. The summed E-state index contributed by atoms with van der Waals surface area (Å²) in [6.45, 7) is 4.05. The Bertz CT molecular complexity index is 1110. The van der Waals surface area contributed by atoms with Gasteiger partial charge in [0.2, 0.25) is 0 Å². The zero-order valence-corrected chi connectivity index (χ0v) is 16.8. The van der Waals surface area contributed by atoms with Crippen LogP contribution in [0.3, 0.4) is 0 Å². The molecule has 0 unspecified atom stereocenters. The van der Waals surface area contributed by atoms with Gasteiger partial charge in [0.05, 0.1) is 0 Å². The average Bonchev–Trinajstić information content (AvgIpc) is 2.72. The molecule has 5 heteroatoms. The van der Waals surface area contributed by atoms with E-state index in [0.29, 0.717) is 17.3 Å². The standard InChI is InChI=1S/C24H25NO4/c1-15(2)17-7-5-6-10-21(17)25-23(26)14-28-16-11-12-19-18-8-3-4-9-20(18)24(27)29-22(19)13-16/h5-7,10-13,15H,3-4,8-9,14H2,1-2H3,(H,25,26). The molecule has 0 spiro atoms. The predicted octanol–water partition coefficient (Wildman–Crippen LogP) is 4.81. The molecule has 0 fully saturated rings. The van der Waals surface area contributed by atoms with Gasteiger partial charge in [0.25, 0.3) is 5.91 Å². The molecule has 0 saturated carbocycles. The maximum Gasteiger partial charge on any atom is 0.339 e. The van der Waals surface area contributed by atoms with Crippen LogP contribution in [0.15, 0.2) is 51.7 Å². The van der Waals surface area contributed by atoms with E-state index in [2.05, 4.69) is 19.2 Å². The van der Waals surface area contributed by atoms with Crippen LogP contribution in [0.2, 0.25) is 0 Å². The summed E-state index contributed by atoms with van der Waals surface area (Å²) in [6.07, 6.45) is 3.79. The molecule has 3 aromatic rings. The maximum absolute atomic E-state index is 12.4. The van der Waals surface area contributed by atoms with Crippen molar-refractivity contribution in [3.05, 3.63) is 69.6 Å². The number of aryl methyl sites for hydroxylation is 1. The van der Waals surface area contributed by atoms with Crippen molar-refractivity contribution >= 4 is 22.6 Å². The van der Waals surface area contributed by atoms with Crippen molar-refractivity contribution in [3.8, 4) is 5.75 Å². The lowest BCUT2D eigenvalue weighted by Gasteiger charge is -2.16. The van der Waals surface area contributed by atoms with Gasteiger partial charge in [-0.05, 0) is 60.9 Å². The number of anilines is 1. The van der Waals surface area contributed by atoms with E-state index in [9.17, 15) is 9.59 Å². The van der Waals surface area contributed by atoms with Crippen LogP contribution in [-0.4, -0.2) is 12.5 Å². The molecular formula is C24H25NO4. The highest BCUT2D eigenvalue weighted by Crippen LogP contribution is 2.29. The van der Waals surface area contributed by atoms with Gasteiger partial charge >= 0.3 is 5.63 Å². The Kier molecular flexibility index (Phi) is 5.38. The molecule has 4 rings (SSSR count). The maximum atomic E-state index is 12.4. The van der Waals surface area contributed by atoms with Crippen molar-refractivity contribution < 1.29 is 13.9 Å². The second kappa shape index (κ2) is 8.11. The number of amides is 1. The first kappa shape index (κ1) is 19.2. The smallest absolute Gasteiger partial charge is 0.339 e. The first-order chi connectivity index (χ1) is 14.0. The number of nitrogens with one attached hydrogen (secondary N) is 1. The second-order valence-corrected chi connectivity index (χ2v) is 7.79. The number of hydrogen-bond acceptors (Lipinski definition) is 4. The Labute approximate surface area is 169 Å². The van der Waals surface area contributed by atoms with Gasteiger partial charge in [-0.25, -0.2) is 4.79 Å². The van der Waals surface area contributed by atoms with E-state index in [1.54, 1.807) is 6.07 Å². The molecule has 0 saturated heterocycles. The highest BCUT2D eigenvalue weighted by Gasteiger charge is 2.18. The van der Waals surface area contributed by atoms with Gasteiger partial charge in [-0.2, -0.15) is 0 Å². The largest absolute Gasteiger partial charge is 0.484 e. The third-order valence-corrected chi connectivity index (χ3v) is 5.42. The highest BCUT2D eigenvalue weighted by molar-refractivity contribution is 5.92. The van der Waals surface area contributed by atoms with Crippen LogP contribution < -0.4 is 15.7 Å². The van der Waals surface area contributed by atoms with Crippen LogP contribution in [0.4, 0.5) is 5.69 Å². The van der Waals surface area contributed by atoms with Crippen molar-refractivity contribution in [3.63, 3.8) is 0 Å². The number of carbonyl (C=O) groups is 1. The molecule has 0 atom stereocenters. The first-order valence-electron chi connectivity index (χ1n) is 10.1. The molecule has 1 aromatic heterocycles. The summed E-state index contributed by atoms with van der Waals surface area (Å²) in [4.78, 5) is 24.6. The molecule has 150 valence electrons. The van der Waals surface area contributed by atoms with Crippen LogP contribution in [0.25, 0.3) is 11.0 Å². The normalized spacial score (nSPS) is 13.3. The zero-order valence-electron chi connectivity index (χ0n) is 16.8. The van der Waals surface area contributed by atoms with E-state index in [1.165, 1.54) is 0 Å². The molecule has 1 amide bonds. The molecule has 5 nitrogen and oxygen atoms in total. The molecule has 1 aliphatic rings. The summed E-state index contributed by atoms with van der Waals surface area (Å²) in [5.74, 6) is 0.579. The van der Waals surface area contributed by atoms with E-state index in [0.717, 1.165) is 53.4 Å². The molecule has 0 aliphatic heterocycles. The Hall–Kier alpha value is -3.08. The molecule has 2 aromatic carbocycles. The number of para-hydroxylation sites is 1. The summed E-state index contributed by atoms with van der Waals surface area (Å²) in [7, 11) is 0. The fourth-order valence-corrected chi connectivity index (χ4v) is 3.96. The Morgan fingerprint density at radius 3 is 2.66 bits per heavy atom. The second-order valence-electron chi connectivity index (χ2n) is 7.79. The molecule has 0 bridgehead atoms. The SMILES string of the molecule is CC(C)c1ccccc1NC(=O)COc1ccc2c3c(c(=O)oc2c1)CCCC3. The van der Waals surface area contributed by atoms with Gasteiger partial charge in [-0.3, -0.25) is 4.79 Å². The fraction of sp³-hybridized carbons (Fsp3) is 0.333. The zero-order chi connectivity index (χ0) is 20.4. The Morgan fingerprint density at radius 2 is 1.86 bits per heavy atom. The van der Waals surface area contributed by atoms with Crippen LogP contribution in [-0.2, 0) is 17.6 Å². The third kappa shape index (κ3) is 4.04. The third-order valence-electron chi connectivity index (χ3n) is 5.42. The minimum absolute atomic E-state index is 0.118. The van der Waals surface area contributed by atoms with E-state index in [1.807, 2.05) is 36.4 Å². The van der Waals surface area contributed by atoms with E-state index < -0.39 is 0 Å². The van der Waals surface area contributed by atoms with E-state index in [4.69, 9.17) is 9.15 Å². The summed E-state index contributed by atoms with van der Waals surface area (Å²) >= 11 is 0. The summed E-state index contributed by atoms with van der Waals surface area (Å²) in [5.41, 5.74) is 4.04. The Morgan fingerprint density at radius 1 is 1.10 bits per heavy atom. The van der Waals surface area contributed by atoms with Crippen molar-refractivity contribution in [2.45, 2.75) is 45.4 Å². The summed E-state index contributed by atoms with van der Waals surface area (Å²) in [6, 6.07) is 13.2. The minimum Gasteiger partial charge on any atom is -0.484 e. The lowest BCUT2D eigenvalue weighted by atomic mass is 9.91. The van der Waals surface area contributed by atoms with Gasteiger partial charge in [0.15, 0.2) is 6.61 Å². The Balaban J connectivity index is 1.49. The van der Waals surface area contributed by atoms with Crippen LogP contribution in [0.1, 0.15) is 49.3 Å². The molecule has 0 radical (unpaired) electrons.